The van der Waals surface area contributed by atoms with Crippen molar-refractivity contribution < 1.29 is 14.3 Å². The average Bonchev–Trinajstić information content (AvgIpc) is 2.69. The van der Waals surface area contributed by atoms with Gasteiger partial charge in [-0.15, -0.1) is 0 Å². The van der Waals surface area contributed by atoms with Gasteiger partial charge >= 0.3 is 0 Å². The molecule has 0 radical (unpaired) electrons. The lowest BCUT2D eigenvalue weighted by atomic mass is 10.1. The van der Waals surface area contributed by atoms with Crippen LogP contribution in [0.2, 0.25) is 0 Å². The van der Waals surface area contributed by atoms with Gasteiger partial charge in [-0.1, -0.05) is 29.8 Å². The molecular formula is C22H23N3O3. The quantitative estimate of drug-likeness (QED) is 0.641. The maximum atomic E-state index is 12.2. The molecule has 0 atom stereocenters. The summed E-state index contributed by atoms with van der Waals surface area (Å²) in [5.74, 6) is 1.72. The fraction of sp³-hybridized carbons (Fsp3) is 0.182. The summed E-state index contributed by atoms with van der Waals surface area (Å²) < 4.78 is 10.5. The third kappa shape index (κ3) is 5.01. The van der Waals surface area contributed by atoms with Crippen LogP contribution in [-0.4, -0.2) is 25.1 Å². The predicted molar refractivity (Wildman–Crippen MR) is 111 cm³/mol. The molecular weight excluding hydrogens is 354 g/mol. The topological polar surface area (TPSA) is 72.5 Å². The maximum Gasteiger partial charge on any atom is 0.229 e. The fourth-order valence-corrected chi connectivity index (χ4v) is 2.82. The number of ether oxygens (including phenoxy) is 2. The molecule has 0 aliphatic heterocycles. The number of carbonyl (C=O) groups is 1. The van der Waals surface area contributed by atoms with E-state index < -0.39 is 0 Å². The first-order chi connectivity index (χ1) is 13.6. The van der Waals surface area contributed by atoms with Crippen molar-refractivity contribution in [2.45, 2.75) is 13.3 Å². The summed E-state index contributed by atoms with van der Waals surface area (Å²) in [6.07, 6.45) is 1.98. The van der Waals surface area contributed by atoms with Crippen molar-refractivity contribution in [1.82, 2.24) is 4.98 Å². The largest absolute Gasteiger partial charge is 0.493 e. The minimum Gasteiger partial charge on any atom is -0.493 e. The molecule has 1 aromatic heterocycles. The van der Waals surface area contributed by atoms with Gasteiger partial charge in [0.1, 0.15) is 5.82 Å². The Morgan fingerprint density at radius 1 is 0.964 bits per heavy atom. The molecule has 0 saturated carbocycles. The molecule has 3 aromatic rings. The first-order valence-electron chi connectivity index (χ1n) is 8.88. The monoisotopic (exact) mass is 377 g/mol. The molecule has 0 unspecified atom stereocenters. The Morgan fingerprint density at radius 2 is 1.75 bits per heavy atom. The molecule has 0 aliphatic carbocycles. The highest BCUT2D eigenvalue weighted by molar-refractivity contribution is 5.91. The molecule has 0 bridgehead atoms. The number of rotatable bonds is 7. The SMILES string of the molecule is COc1ccc(Nc2ccc(NC(=O)Cc3cccc(C)c3)nc2)cc1OC. The fourth-order valence-electron chi connectivity index (χ4n) is 2.82. The highest BCUT2D eigenvalue weighted by Crippen LogP contribution is 2.31. The molecule has 0 aliphatic rings. The van der Waals surface area contributed by atoms with Crippen LogP contribution in [0.3, 0.4) is 0 Å². The van der Waals surface area contributed by atoms with E-state index in [-0.39, 0.29) is 5.91 Å². The van der Waals surface area contributed by atoms with Crippen LogP contribution < -0.4 is 20.1 Å². The lowest BCUT2D eigenvalue weighted by molar-refractivity contribution is -0.115. The van der Waals surface area contributed by atoms with E-state index in [9.17, 15) is 4.79 Å². The summed E-state index contributed by atoms with van der Waals surface area (Å²) in [5.41, 5.74) is 3.75. The van der Waals surface area contributed by atoms with E-state index in [1.54, 1.807) is 26.5 Å². The lowest BCUT2D eigenvalue weighted by Gasteiger charge is -2.11. The number of aryl methyl sites for hydroxylation is 1. The Kier molecular flexibility index (Phi) is 6.11. The maximum absolute atomic E-state index is 12.2. The average molecular weight is 377 g/mol. The van der Waals surface area contributed by atoms with Gasteiger partial charge in [-0.3, -0.25) is 4.79 Å². The van der Waals surface area contributed by atoms with Gasteiger partial charge in [0.2, 0.25) is 5.91 Å². The van der Waals surface area contributed by atoms with Gasteiger partial charge in [0.25, 0.3) is 0 Å². The zero-order valence-electron chi connectivity index (χ0n) is 16.2. The number of methoxy groups -OCH3 is 2. The Balaban J connectivity index is 1.61. The highest BCUT2D eigenvalue weighted by atomic mass is 16.5. The molecule has 1 heterocycles. The van der Waals surface area contributed by atoms with Crippen molar-refractivity contribution in [3.8, 4) is 11.5 Å². The summed E-state index contributed by atoms with van der Waals surface area (Å²) in [6, 6.07) is 17.1. The molecule has 144 valence electrons. The van der Waals surface area contributed by atoms with Gasteiger partial charge in [0.15, 0.2) is 11.5 Å². The summed E-state index contributed by atoms with van der Waals surface area (Å²) in [6.45, 7) is 2.01. The van der Waals surface area contributed by atoms with Crippen LogP contribution in [0.25, 0.3) is 0 Å². The minimum absolute atomic E-state index is 0.0984. The number of aromatic nitrogens is 1. The van der Waals surface area contributed by atoms with Crippen LogP contribution in [0, 0.1) is 6.92 Å². The van der Waals surface area contributed by atoms with E-state index in [0.717, 1.165) is 22.5 Å². The number of nitrogens with one attached hydrogen (secondary N) is 2. The van der Waals surface area contributed by atoms with Gasteiger partial charge in [-0.05, 0) is 36.8 Å². The number of carbonyl (C=O) groups excluding carboxylic acids is 1. The van der Waals surface area contributed by atoms with E-state index >= 15 is 0 Å². The van der Waals surface area contributed by atoms with Crippen molar-refractivity contribution in [2.75, 3.05) is 24.9 Å². The number of amides is 1. The molecule has 2 N–H and O–H groups in total. The van der Waals surface area contributed by atoms with Crippen LogP contribution in [0.5, 0.6) is 11.5 Å². The first-order valence-corrected chi connectivity index (χ1v) is 8.88. The van der Waals surface area contributed by atoms with Crippen LogP contribution in [0.15, 0.2) is 60.8 Å². The Morgan fingerprint density at radius 3 is 2.43 bits per heavy atom. The molecule has 2 aromatic carbocycles. The van der Waals surface area contributed by atoms with E-state index in [1.807, 2.05) is 55.5 Å². The molecule has 0 spiro atoms. The van der Waals surface area contributed by atoms with E-state index in [1.165, 1.54) is 0 Å². The van der Waals surface area contributed by atoms with Crippen molar-refractivity contribution in [1.29, 1.82) is 0 Å². The standard InChI is InChI=1S/C22H23N3O3/c1-15-5-4-6-16(11-15)12-22(26)25-21-10-8-18(14-23-21)24-17-7-9-19(27-2)20(13-17)28-3/h4-11,13-14,24H,12H2,1-3H3,(H,23,25,26). The van der Waals surface area contributed by atoms with Gasteiger partial charge < -0.3 is 20.1 Å². The summed E-state index contributed by atoms with van der Waals surface area (Å²) in [4.78, 5) is 16.5. The molecule has 1 amide bonds. The minimum atomic E-state index is -0.0984. The Hall–Kier alpha value is -3.54. The van der Waals surface area contributed by atoms with Crippen molar-refractivity contribution >= 4 is 23.1 Å². The smallest absolute Gasteiger partial charge is 0.229 e. The number of pyridine rings is 1. The van der Waals surface area contributed by atoms with Crippen molar-refractivity contribution in [3.05, 3.63) is 71.9 Å². The van der Waals surface area contributed by atoms with Crippen molar-refractivity contribution in [2.24, 2.45) is 0 Å². The molecule has 6 nitrogen and oxygen atoms in total. The molecule has 6 heteroatoms. The number of hydrogen-bond donors (Lipinski definition) is 2. The summed E-state index contributed by atoms with van der Waals surface area (Å²) >= 11 is 0. The molecule has 0 fully saturated rings. The van der Waals surface area contributed by atoms with Gasteiger partial charge in [-0.25, -0.2) is 4.98 Å². The second kappa shape index (κ2) is 8.90. The molecule has 0 saturated heterocycles. The zero-order valence-corrected chi connectivity index (χ0v) is 16.2. The third-order valence-electron chi connectivity index (χ3n) is 4.15. The van der Waals surface area contributed by atoms with Crippen LogP contribution in [0.1, 0.15) is 11.1 Å². The van der Waals surface area contributed by atoms with E-state index in [2.05, 4.69) is 15.6 Å². The number of benzene rings is 2. The lowest BCUT2D eigenvalue weighted by Crippen LogP contribution is -2.15. The summed E-state index contributed by atoms with van der Waals surface area (Å²) in [5, 5.41) is 6.07. The van der Waals surface area contributed by atoms with Crippen LogP contribution in [0.4, 0.5) is 17.2 Å². The predicted octanol–water partition coefficient (Wildman–Crippen LogP) is 4.33. The Bertz CT molecular complexity index is 955. The van der Waals surface area contributed by atoms with E-state index in [0.29, 0.717) is 23.7 Å². The van der Waals surface area contributed by atoms with Crippen LogP contribution >= 0.6 is 0 Å². The van der Waals surface area contributed by atoms with Crippen molar-refractivity contribution in [3.63, 3.8) is 0 Å². The highest BCUT2D eigenvalue weighted by Gasteiger charge is 2.07. The molecule has 3 rings (SSSR count). The Labute approximate surface area is 164 Å². The van der Waals surface area contributed by atoms with Gasteiger partial charge in [0.05, 0.1) is 32.5 Å². The zero-order chi connectivity index (χ0) is 19.9. The second-order valence-electron chi connectivity index (χ2n) is 6.34. The van der Waals surface area contributed by atoms with Gasteiger partial charge in [-0.2, -0.15) is 0 Å². The second-order valence-corrected chi connectivity index (χ2v) is 6.34. The number of hydrogen-bond acceptors (Lipinski definition) is 5. The van der Waals surface area contributed by atoms with E-state index in [4.69, 9.17) is 9.47 Å². The third-order valence-corrected chi connectivity index (χ3v) is 4.15. The first kappa shape index (κ1) is 19.2. The summed E-state index contributed by atoms with van der Waals surface area (Å²) in [7, 11) is 3.19. The van der Waals surface area contributed by atoms with Gasteiger partial charge in [0, 0.05) is 11.8 Å². The normalized spacial score (nSPS) is 10.2. The molecule has 28 heavy (non-hydrogen) atoms. The van der Waals surface area contributed by atoms with Crippen LogP contribution in [-0.2, 0) is 11.2 Å². The number of anilines is 3. The number of nitrogens with zero attached hydrogens (tertiary/aromatic N) is 1.